The Balaban J connectivity index is 1.94. The van der Waals surface area contributed by atoms with Crippen LogP contribution in [0.3, 0.4) is 0 Å². The first-order valence-corrected chi connectivity index (χ1v) is 8.00. The predicted octanol–water partition coefficient (Wildman–Crippen LogP) is 3.76. The second-order valence-corrected chi connectivity index (χ2v) is 5.76. The lowest BCUT2D eigenvalue weighted by Crippen LogP contribution is -2.23. The molecule has 0 spiro atoms. The van der Waals surface area contributed by atoms with Crippen LogP contribution < -0.4 is 15.4 Å². The number of ether oxygens (including phenoxy) is 1. The fourth-order valence-corrected chi connectivity index (χ4v) is 2.46. The Hall–Kier alpha value is -2.24. The van der Waals surface area contributed by atoms with Gasteiger partial charge >= 0.3 is 0 Å². The van der Waals surface area contributed by atoms with E-state index < -0.39 is 0 Å². The molecule has 2 aromatic rings. The number of halogens is 2. The van der Waals surface area contributed by atoms with Gasteiger partial charge in [0, 0.05) is 27.8 Å². The SMILES string of the molecule is CCNC(=O)c1cccc(NC(=O)COc2cc(Cl)cc(Cl)c2)c1. The van der Waals surface area contributed by atoms with Crippen molar-refractivity contribution in [2.24, 2.45) is 0 Å². The smallest absolute Gasteiger partial charge is 0.262 e. The molecule has 0 heterocycles. The maximum Gasteiger partial charge on any atom is 0.262 e. The molecule has 0 aromatic heterocycles. The lowest BCUT2D eigenvalue weighted by atomic mass is 10.2. The topological polar surface area (TPSA) is 67.4 Å². The third-order valence-corrected chi connectivity index (χ3v) is 3.39. The van der Waals surface area contributed by atoms with Gasteiger partial charge in [0.25, 0.3) is 11.8 Å². The lowest BCUT2D eigenvalue weighted by molar-refractivity contribution is -0.118. The molecule has 0 aliphatic rings. The maximum absolute atomic E-state index is 12.0. The van der Waals surface area contributed by atoms with Gasteiger partial charge in [-0.1, -0.05) is 29.3 Å². The van der Waals surface area contributed by atoms with E-state index in [-0.39, 0.29) is 18.4 Å². The van der Waals surface area contributed by atoms with Crippen molar-refractivity contribution in [1.82, 2.24) is 5.32 Å². The van der Waals surface area contributed by atoms with Crippen molar-refractivity contribution in [2.75, 3.05) is 18.5 Å². The molecule has 0 saturated carbocycles. The Bertz CT molecular complexity index is 730. The van der Waals surface area contributed by atoms with Gasteiger partial charge in [-0.05, 0) is 43.3 Å². The largest absolute Gasteiger partial charge is 0.484 e. The summed E-state index contributed by atoms with van der Waals surface area (Å²) >= 11 is 11.7. The Morgan fingerprint density at radius 1 is 1.08 bits per heavy atom. The number of carbonyl (C=O) groups excluding carboxylic acids is 2. The van der Waals surface area contributed by atoms with Crippen molar-refractivity contribution >= 4 is 40.7 Å². The molecule has 0 bridgehead atoms. The summed E-state index contributed by atoms with van der Waals surface area (Å²) in [5.74, 6) is -0.156. The Morgan fingerprint density at radius 2 is 1.79 bits per heavy atom. The molecule has 2 aromatic carbocycles. The van der Waals surface area contributed by atoms with Crippen molar-refractivity contribution < 1.29 is 14.3 Å². The Morgan fingerprint density at radius 3 is 2.46 bits per heavy atom. The second kappa shape index (κ2) is 8.57. The van der Waals surface area contributed by atoms with E-state index in [0.29, 0.717) is 33.6 Å². The van der Waals surface area contributed by atoms with Crippen LogP contribution in [0.5, 0.6) is 5.75 Å². The summed E-state index contributed by atoms with van der Waals surface area (Å²) in [5.41, 5.74) is 0.980. The first-order valence-electron chi connectivity index (χ1n) is 7.25. The predicted molar refractivity (Wildman–Crippen MR) is 95.0 cm³/mol. The molecule has 7 heteroatoms. The molecule has 0 aliphatic carbocycles. The number of amides is 2. The van der Waals surface area contributed by atoms with Gasteiger partial charge in [0.15, 0.2) is 6.61 Å². The fraction of sp³-hybridized carbons (Fsp3) is 0.176. The van der Waals surface area contributed by atoms with Crippen molar-refractivity contribution in [1.29, 1.82) is 0 Å². The number of hydrogen-bond acceptors (Lipinski definition) is 3. The van der Waals surface area contributed by atoms with E-state index in [0.717, 1.165) is 0 Å². The molecule has 2 N–H and O–H groups in total. The summed E-state index contributed by atoms with van der Waals surface area (Å²) in [4.78, 5) is 23.7. The number of nitrogens with one attached hydrogen (secondary N) is 2. The molecule has 2 rings (SSSR count). The minimum absolute atomic E-state index is 0.196. The van der Waals surface area contributed by atoms with Crippen molar-refractivity contribution in [3.63, 3.8) is 0 Å². The highest BCUT2D eigenvalue weighted by atomic mass is 35.5. The summed E-state index contributed by atoms with van der Waals surface area (Å²) in [6.45, 7) is 2.16. The minimum atomic E-state index is -0.362. The van der Waals surface area contributed by atoms with E-state index >= 15 is 0 Å². The zero-order valence-corrected chi connectivity index (χ0v) is 14.4. The molecule has 0 radical (unpaired) electrons. The van der Waals surface area contributed by atoms with Crippen LogP contribution in [0.2, 0.25) is 10.0 Å². The monoisotopic (exact) mass is 366 g/mol. The van der Waals surface area contributed by atoms with E-state index in [1.807, 2.05) is 6.92 Å². The first-order chi connectivity index (χ1) is 11.5. The standard InChI is InChI=1S/C17H16Cl2N2O3/c1-2-20-17(23)11-4-3-5-14(6-11)21-16(22)10-24-15-8-12(18)7-13(19)9-15/h3-9H,2,10H2,1H3,(H,20,23)(H,21,22). The average molecular weight is 367 g/mol. The highest BCUT2D eigenvalue weighted by Crippen LogP contribution is 2.24. The van der Waals surface area contributed by atoms with Gasteiger partial charge in [-0.15, -0.1) is 0 Å². The Kier molecular flexibility index (Phi) is 6.46. The Labute approximate surface area is 149 Å². The minimum Gasteiger partial charge on any atom is -0.484 e. The van der Waals surface area contributed by atoms with Crippen LogP contribution in [-0.4, -0.2) is 25.0 Å². The maximum atomic E-state index is 12.0. The van der Waals surface area contributed by atoms with Crippen LogP contribution in [-0.2, 0) is 4.79 Å². The fourth-order valence-electron chi connectivity index (χ4n) is 1.96. The number of benzene rings is 2. The third-order valence-electron chi connectivity index (χ3n) is 2.95. The summed E-state index contributed by atoms with van der Waals surface area (Å²) in [5, 5.41) is 6.21. The van der Waals surface area contributed by atoms with E-state index in [1.165, 1.54) is 0 Å². The highest BCUT2D eigenvalue weighted by molar-refractivity contribution is 6.34. The summed E-state index contributed by atoms with van der Waals surface area (Å²) in [6, 6.07) is 11.4. The van der Waals surface area contributed by atoms with Crippen LogP contribution in [0, 0.1) is 0 Å². The van der Waals surface area contributed by atoms with Gasteiger partial charge < -0.3 is 15.4 Å². The highest BCUT2D eigenvalue weighted by Gasteiger charge is 2.08. The molecule has 0 atom stereocenters. The molecule has 0 saturated heterocycles. The van der Waals surface area contributed by atoms with E-state index in [4.69, 9.17) is 27.9 Å². The van der Waals surface area contributed by atoms with Crippen LogP contribution in [0.1, 0.15) is 17.3 Å². The lowest BCUT2D eigenvalue weighted by Gasteiger charge is -2.09. The zero-order chi connectivity index (χ0) is 17.5. The first kappa shape index (κ1) is 18.1. The molecule has 2 amide bonds. The second-order valence-electron chi connectivity index (χ2n) is 4.88. The molecular formula is C17H16Cl2N2O3. The van der Waals surface area contributed by atoms with Gasteiger partial charge in [0.1, 0.15) is 5.75 Å². The van der Waals surface area contributed by atoms with Crippen LogP contribution in [0.15, 0.2) is 42.5 Å². The summed E-state index contributed by atoms with van der Waals surface area (Å²) in [6.07, 6.45) is 0. The van der Waals surface area contributed by atoms with E-state index in [2.05, 4.69) is 10.6 Å². The number of carbonyl (C=O) groups is 2. The van der Waals surface area contributed by atoms with Gasteiger partial charge in [0.2, 0.25) is 0 Å². The molecule has 0 fully saturated rings. The molecule has 24 heavy (non-hydrogen) atoms. The van der Waals surface area contributed by atoms with Gasteiger partial charge in [-0.25, -0.2) is 0 Å². The normalized spacial score (nSPS) is 10.1. The van der Waals surface area contributed by atoms with E-state index in [9.17, 15) is 9.59 Å². The van der Waals surface area contributed by atoms with Crippen molar-refractivity contribution in [2.45, 2.75) is 6.92 Å². The van der Waals surface area contributed by atoms with Gasteiger partial charge in [-0.3, -0.25) is 9.59 Å². The molecule has 126 valence electrons. The van der Waals surface area contributed by atoms with Gasteiger partial charge in [-0.2, -0.15) is 0 Å². The molecule has 0 aliphatic heterocycles. The summed E-state index contributed by atoms with van der Waals surface area (Å²) in [7, 11) is 0. The van der Waals surface area contributed by atoms with Crippen LogP contribution in [0.4, 0.5) is 5.69 Å². The summed E-state index contributed by atoms with van der Waals surface area (Å²) < 4.78 is 5.36. The van der Waals surface area contributed by atoms with E-state index in [1.54, 1.807) is 42.5 Å². The average Bonchev–Trinajstić information content (AvgIpc) is 2.52. The quantitative estimate of drug-likeness (QED) is 0.817. The third kappa shape index (κ3) is 5.44. The van der Waals surface area contributed by atoms with Crippen LogP contribution >= 0.6 is 23.2 Å². The van der Waals surface area contributed by atoms with Crippen LogP contribution in [0.25, 0.3) is 0 Å². The number of rotatable bonds is 6. The van der Waals surface area contributed by atoms with Crippen molar-refractivity contribution in [3.05, 3.63) is 58.1 Å². The number of anilines is 1. The number of hydrogen-bond donors (Lipinski definition) is 2. The van der Waals surface area contributed by atoms with Crippen molar-refractivity contribution in [3.8, 4) is 5.75 Å². The van der Waals surface area contributed by atoms with Gasteiger partial charge in [0.05, 0.1) is 0 Å². The molecule has 5 nitrogen and oxygen atoms in total. The molecular weight excluding hydrogens is 351 g/mol. The zero-order valence-electron chi connectivity index (χ0n) is 12.9. The molecule has 0 unspecified atom stereocenters.